The molecule has 0 unspecified atom stereocenters. The van der Waals surface area contributed by atoms with Gasteiger partial charge in [0, 0.05) is 31.9 Å². The zero-order valence-corrected chi connectivity index (χ0v) is 14.5. The van der Waals surface area contributed by atoms with Gasteiger partial charge < -0.3 is 15.0 Å². The number of nitrogens with one attached hydrogen (secondary N) is 1. The molecule has 2 amide bonds. The van der Waals surface area contributed by atoms with Gasteiger partial charge in [-0.2, -0.15) is 5.10 Å². The van der Waals surface area contributed by atoms with Gasteiger partial charge in [-0.15, -0.1) is 0 Å². The molecule has 8 heteroatoms. The number of pyridine rings is 1. The summed E-state index contributed by atoms with van der Waals surface area (Å²) in [5.41, 5.74) is 0.455. The molecule has 1 aliphatic carbocycles. The average molecular weight is 355 g/mol. The molecule has 2 aromatic rings. The maximum absolute atomic E-state index is 13.0. The van der Waals surface area contributed by atoms with E-state index in [1.165, 1.54) is 4.68 Å². The van der Waals surface area contributed by atoms with Gasteiger partial charge in [0.25, 0.3) is 5.91 Å². The van der Waals surface area contributed by atoms with Crippen LogP contribution in [0.25, 0.3) is 0 Å². The first-order valence-electron chi connectivity index (χ1n) is 8.78. The number of ether oxygens (including phenoxy) is 1. The van der Waals surface area contributed by atoms with Crippen molar-refractivity contribution in [3.05, 3.63) is 42.5 Å². The maximum Gasteiger partial charge on any atom is 0.272 e. The maximum atomic E-state index is 13.0. The molecule has 136 valence electrons. The summed E-state index contributed by atoms with van der Waals surface area (Å²) in [4.78, 5) is 31.3. The zero-order chi connectivity index (χ0) is 18.1. The minimum Gasteiger partial charge on any atom is -0.487 e. The Morgan fingerprint density at radius 3 is 2.77 bits per heavy atom. The first-order valence-corrected chi connectivity index (χ1v) is 8.78. The van der Waals surface area contributed by atoms with Crippen LogP contribution in [-0.2, 0) is 11.8 Å². The highest BCUT2D eigenvalue weighted by Crippen LogP contribution is 2.26. The van der Waals surface area contributed by atoms with Gasteiger partial charge in [-0.1, -0.05) is 0 Å². The molecule has 0 bridgehead atoms. The standard InChI is InChI=1S/C18H21N5O3/c1-22-15(6-8-20-22)18(25)23-11-14(26-13-3-2-7-19-10-13)9-16(23)17(24)21-12-4-5-12/h2-3,6-8,10,12,14,16H,4-5,9,11H2,1H3,(H,21,24)/t14-,16-/m0/s1. The summed E-state index contributed by atoms with van der Waals surface area (Å²) in [5.74, 6) is 0.312. The Labute approximate surface area is 151 Å². The van der Waals surface area contributed by atoms with E-state index >= 15 is 0 Å². The molecular weight excluding hydrogens is 334 g/mol. The third kappa shape index (κ3) is 3.40. The summed E-state index contributed by atoms with van der Waals surface area (Å²) < 4.78 is 7.47. The molecule has 26 heavy (non-hydrogen) atoms. The summed E-state index contributed by atoms with van der Waals surface area (Å²) in [7, 11) is 1.71. The highest BCUT2D eigenvalue weighted by atomic mass is 16.5. The van der Waals surface area contributed by atoms with Crippen molar-refractivity contribution in [3.8, 4) is 5.75 Å². The van der Waals surface area contributed by atoms with E-state index in [0.29, 0.717) is 24.4 Å². The molecule has 8 nitrogen and oxygen atoms in total. The fourth-order valence-electron chi connectivity index (χ4n) is 3.22. The van der Waals surface area contributed by atoms with Crippen molar-refractivity contribution >= 4 is 11.8 Å². The summed E-state index contributed by atoms with van der Waals surface area (Å²) in [5, 5.41) is 7.06. The van der Waals surface area contributed by atoms with Crippen LogP contribution >= 0.6 is 0 Å². The average Bonchev–Trinajstić information content (AvgIpc) is 3.18. The van der Waals surface area contributed by atoms with Gasteiger partial charge in [0.05, 0.1) is 12.7 Å². The molecule has 4 rings (SSSR count). The number of hydrogen-bond donors (Lipinski definition) is 1. The second-order valence-corrected chi connectivity index (χ2v) is 6.76. The molecular formula is C18H21N5O3. The topological polar surface area (TPSA) is 89.3 Å². The van der Waals surface area contributed by atoms with E-state index in [2.05, 4.69) is 15.4 Å². The second-order valence-electron chi connectivity index (χ2n) is 6.76. The van der Waals surface area contributed by atoms with Gasteiger partial charge in [0.1, 0.15) is 23.6 Å². The highest BCUT2D eigenvalue weighted by molar-refractivity contribution is 5.97. The third-order valence-corrected chi connectivity index (χ3v) is 4.73. The number of hydrogen-bond acceptors (Lipinski definition) is 5. The molecule has 0 aromatic carbocycles. The Balaban J connectivity index is 1.53. The normalized spacial score (nSPS) is 22.3. The number of aromatic nitrogens is 3. The lowest BCUT2D eigenvalue weighted by molar-refractivity contribution is -0.125. The lowest BCUT2D eigenvalue weighted by Gasteiger charge is -2.23. The van der Waals surface area contributed by atoms with Crippen molar-refractivity contribution in [2.45, 2.75) is 37.5 Å². The molecule has 2 atom stereocenters. The molecule has 0 radical (unpaired) electrons. The van der Waals surface area contributed by atoms with Crippen LogP contribution in [0.2, 0.25) is 0 Å². The Morgan fingerprint density at radius 1 is 1.27 bits per heavy atom. The van der Waals surface area contributed by atoms with Crippen LogP contribution in [0.15, 0.2) is 36.8 Å². The second kappa shape index (κ2) is 6.78. The molecule has 2 aliphatic rings. The Hall–Kier alpha value is -2.90. The van der Waals surface area contributed by atoms with Crippen LogP contribution in [0.3, 0.4) is 0 Å². The molecule has 3 heterocycles. The van der Waals surface area contributed by atoms with E-state index in [1.54, 1.807) is 42.7 Å². The van der Waals surface area contributed by atoms with Crippen LogP contribution in [-0.4, -0.2) is 56.2 Å². The molecule has 2 aromatic heterocycles. The molecule has 1 aliphatic heterocycles. The van der Waals surface area contributed by atoms with E-state index in [4.69, 9.17) is 4.74 Å². The van der Waals surface area contributed by atoms with Crippen LogP contribution in [0, 0.1) is 0 Å². The monoisotopic (exact) mass is 355 g/mol. The van der Waals surface area contributed by atoms with Crippen LogP contribution in [0.4, 0.5) is 0 Å². The summed E-state index contributed by atoms with van der Waals surface area (Å²) in [6.07, 6.45) is 7.08. The van der Waals surface area contributed by atoms with Gasteiger partial charge in [0.15, 0.2) is 0 Å². The smallest absolute Gasteiger partial charge is 0.272 e. The lowest BCUT2D eigenvalue weighted by atomic mass is 10.1. The van der Waals surface area contributed by atoms with Crippen molar-refractivity contribution < 1.29 is 14.3 Å². The van der Waals surface area contributed by atoms with Crippen LogP contribution in [0.5, 0.6) is 5.75 Å². The van der Waals surface area contributed by atoms with Crippen molar-refractivity contribution in [2.75, 3.05) is 6.54 Å². The number of rotatable bonds is 5. The van der Waals surface area contributed by atoms with E-state index < -0.39 is 6.04 Å². The van der Waals surface area contributed by atoms with Crippen molar-refractivity contribution in [1.82, 2.24) is 25.0 Å². The quantitative estimate of drug-likeness (QED) is 0.855. The van der Waals surface area contributed by atoms with Gasteiger partial charge in [-0.25, -0.2) is 0 Å². The molecule has 1 saturated heterocycles. The van der Waals surface area contributed by atoms with Gasteiger partial charge in [-0.3, -0.25) is 19.3 Å². The predicted molar refractivity (Wildman–Crippen MR) is 92.5 cm³/mol. The number of amides is 2. The summed E-state index contributed by atoms with van der Waals surface area (Å²) in [6.45, 7) is 0.349. The number of nitrogens with zero attached hydrogens (tertiary/aromatic N) is 4. The fourth-order valence-corrected chi connectivity index (χ4v) is 3.22. The summed E-state index contributed by atoms with van der Waals surface area (Å²) in [6, 6.07) is 4.97. The van der Waals surface area contributed by atoms with E-state index in [9.17, 15) is 9.59 Å². The number of aryl methyl sites for hydroxylation is 1. The zero-order valence-electron chi connectivity index (χ0n) is 14.5. The molecule has 1 N–H and O–H groups in total. The number of carbonyl (C=O) groups excluding carboxylic acids is 2. The van der Waals surface area contributed by atoms with Crippen molar-refractivity contribution in [1.29, 1.82) is 0 Å². The Kier molecular flexibility index (Phi) is 4.32. The van der Waals surface area contributed by atoms with E-state index in [0.717, 1.165) is 12.8 Å². The predicted octanol–water partition coefficient (Wildman–Crippen LogP) is 0.756. The van der Waals surface area contributed by atoms with Crippen LogP contribution < -0.4 is 10.1 Å². The van der Waals surface area contributed by atoms with Gasteiger partial charge >= 0.3 is 0 Å². The first kappa shape index (κ1) is 16.6. The van der Waals surface area contributed by atoms with E-state index in [-0.39, 0.29) is 24.0 Å². The molecule has 2 fully saturated rings. The largest absolute Gasteiger partial charge is 0.487 e. The Bertz CT molecular complexity index is 802. The van der Waals surface area contributed by atoms with Crippen molar-refractivity contribution in [3.63, 3.8) is 0 Å². The van der Waals surface area contributed by atoms with E-state index in [1.807, 2.05) is 6.07 Å². The van der Waals surface area contributed by atoms with Gasteiger partial charge in [-0.05, 0) is 31.0 Å². The number of likely N-dealkylation sites (tertiary alicyclic amines) is 1. The SMILES string of the molecule is Cn1nccc1C(=O)N1C[C@@H](Oc2cccnc2)C[C@H]1C(=O)NC1CC1. The highest BCUT2D eigenvalue weighted by Gasteiger charge is 2.42. The van der Waals surface area contributed by atoms with Crippen LogP contribution in [0.1, 0.15) is 29.8 Å². The molecule has 0 spiro atoms. The minimum absolute atomic E-state index is 0.111. The van der Waals surface area contributed by atoms with Gasteiger partial charge in [0.2, 0.25) is 5.91 Å². The third-order valence-electron chi connectivity index (χ3n) is 4.73. The minimum atomic E-state index is -0.542. The number of carbonyl (C=O) groups is 2. The summed E-state index contributed by atoms with van der Waals surface area (Å²) >= 11 is 0. The lowest BCUT2D eigenvalue weighted by Crippen LogP contribution is -2.47. The molecule has 1 saturated carbocycles. The fraction of sp³-hybridized carbons (Fsp3) is 0.444. The Morgan fingerprint density at radius 2 is 2.12 bits per heavy atom. The van der Waals surface area contributed by atoms with Crippen molar-refractivity contribution in [2.24, 2.45) is 7.05 Å². The first-order chi connectivity index (χ1) is 12.6.